The van der Waals surface area contributed by atoms with E-state index in [1.165, 1.54) is 30.6 Å². The second-order valence-corrected chi connectivity index (χ2v) is 7.35. The van der Waals surface area contributed by atoms with Crippen molar-refractivity contribution in [2.75, 3.05) is 43.4 Å². The van der Waals surface area contributed by atoms with Crippen LogP contribution >= 0.6 is 0 Å². The summed E-state index contributed by atoms with van der Waals surface area (Å²) >= 11 is 0. The van der Waals surface area contributed by atoms with Crippen LogP contribution in [0.25, 0.3) is 0 Å². The second kappa shape index (κ2) is 9.00. The Balaban J connectivity index is 1.49. The van der Waals surface area contributed by atoms with Gasteiger partial charge in [-0.3, -0.25) is 9.59 Å². The maximum Gasteiger partial charge on any atom is 0.277 e. The molecule has 1 N–H and O–H groups in total. The van der Waals surface area contributed by atoms with Crippen LogP contribution in [0, 0.1) is 5.82 Å². The number of nitrogens with one attached hydrogen (secondary N) is 1. The number of halogens is 1. The van der Waals surface area contributed by atoms with Gasteiger partial charge in [-0.25, -0.2) is 19.0 Å². The molecule has 0 saturated carbocycles. The molecule has 10 heteroatoms. The van der Waals surface area contributed by atoms with Gasteiger partial charge >= 0.3 is 0 Å². The van der Waals surface area contributed by atoms with E-state index in [0.29, 0.717) is 11.4 Å². The number of aromatic nitrogens is 4. The fourth-order valence-corrected chi connectivity index (χ4v) is 3.30. The van der Waals surface area contributed by atoms with Crippen molar-refractivity contribution < 1.29 is 9.18 Å². The number of piperazine rings is 1. The molecule has 0 unspecified atom stereocenters. The number of carbonyl (C=O) groups excluding carboxylic acids is 1. The molecule has 1 amide bonds. The third-order valence-corrected chi connectivity index (χ3v) is 5.04. The smallest absolute Gasteiger partial charge is 0.277 e. The Labute approximate surface area is 178 Å². The third-order valence-electron chi connectivity index (χ3n) is 5.04. The Morgan fingerprint density at radius 1 is 1.10 bits per heavy atom. The number of hydrogen-bond donors (Lipinski definition) is 1. The maximum absolute atomic E-state index is 13.4. The summed E-state index contributed by atoms with van der Waals surface area (Å²) in [7, 11) is 2.07. The van der Waals surface area contributed by atoms with E-state index in [4.69, 9.17) is 0 Å². The second-order valence-electron chi connectivity index (χ2n) is 7.35. The normalized spacial score (nSPS) is 14.5. The molecule has 31 heavy (non-hydrogen) atoms. The van der Waals surface area contributed by atoms with Crippen LogP contribution in [0.2, 0.25) is 0 Å². The Morgan fingerprint density at radius 2 is 1.90 bits per heavy atom. The summed E-state index contributed by atoms with van der Waals surface area (Å²) in [5, 5.41) is 6.83. The summed E-state index contributed by atoms with van der Waals surface area (Å²) in [4.78, 5) is 37.6. The van der Waals surface area contributed by atoms with Crippen molar-refractivity contribution in [2.24, 2.45) is 0 Å². The molecular weight excluding hydrogens is 401 g/mol. The molecule has 1 aromatic carbocycles. The van der Waals surface area contributed by atoms with Gasteiger partial charge in [-0.2, -0.15) is 5.10 Å². The lowest BCUT2D eigenvalue weighted by Gasteiger charge is -2.33. The first-order valence-corrected chi connectivity index (χ1v) is 9.87. The molecular formula is C21H22FN7O2. The Hall–Kier alpha value is -3.66. The SMILES string of the molecule is CN1CCN(c2cc(NC(=O)c3ccc(=O)n(Cc4cccc(F)c4)n3)ncn2)CC1. The standard InChI is InChI=1S/C21H22FN7O2/c1-27-7-9-28(10-8-27)19-12-18(23-14-24-19)25-21(31)17-5-6-20(30)29(26-17)13-15-3-2-4-16(22)11-15/h2-6,11-12,14H,7-10,13H2,1H3,(H,23,24,25,31). The molecule has 0 atom stereocenters. The van der Waals surface area contributed by atoms with Gasteiger partial charge in [0.05, 0.1) is 6.54 Å². The van der Waals surface area contributed by atoms with Crippen LogP contribution in [0.4, 0.5) is 16.0 Å². The Bertz CT molecular complexity index is 1140. The highest BCUT2D eigenvalue weighted by Gasteiger charge is 2.17. The molecule has 1 fully saturated rings. The largest absolute Gasteiger partial charge is 0.354 e. The fraction of sp³-hybridized carbons (Fsp3) is 0.286. The van der Waals surface area contributed by atoms with E-state index in [2.05, 4.69) is 37.2 Å². The minimum absolute atomic E-state index is 0.0516. The number of anilines is 2. The lowest BCUT2D eigenvalue weighted by molar-refractivity contribution is 0.101. The van der Waals surface area contributed by atoms with E-state index < -0.39 is 11.7 Å². The predicted molar refractivity (Wildman–Crippen MR) is 114 cm³/mol. The summed E-state index contributed by atoms with van der Waals surface area (Å²) < 4.78 is 14.5. The van der Waals surface area contributed by atoms with Gasteiger partial charge in [0.25, 0.3) is 11.5 Å². The molecule has 0 aliphatic carbocycles. The first kappa shape index (κ1) is 20.6. The molecule has 3 aromatic rings. The molecule has 0 spiro atoms. The van der Waals surface area contributed by atoms with Crippen LogP contribution in [-0.2, 0) is 6.54 Å². The van der Waals surface area contributed by atoms with Crippen LogP contribution in [0.1, 0.15) is 16.1 Å². The number of nitrogens with zero attached hydrogens (tertiary/aromatic N) is 6. The lowest BCUT2D eigenvalue weighted by Crippen LogP contribution is -2.44. The van der Waals surface area contributed by atoms with E-state index >= 15 is 0 Å². The first-order valence-electron chi connectivity index (χ1n) is 9.87. The van der Waals surface area contributed by atoms with Gasteiger partial charge in [0.1, 0.15) is 29.5 Å². The van der Waals surface area contributed by atoms with Crippen molar-refractivity contribution in [3.05, 3.63) is 76.2 Å². The quantitative estimate of drug-likeness (QED) is 0.659. The molecule has 1 aliphatic rings. The van der Waals surface area contributed by atoms with E-state index in [0.717, 1.165) is 36.7 Å². The minimum atomic E-state index is -0.504. The third kappa shape index (κ3) is 5.10. The van der Waals surface area contributed by atoms with Gasteiger partial charge in [0, 0.05) is 38.3 Å². The van der Waals surface area contributed by atoms with Crippen LogP contribution in [-0.4, -0.2) is 63.8 Å². The fourth-order valence-electron chi connectivity index (χ4n) is 3.30. The average Bonchev–Trinajstić information content (AvgIpc) is 2.76. The molecule has 9 nitrogen and oxygen atoms in total. The number of benzene rings is 1. The van der Waals surface area contributed by atoms with E-state index in [1.54, 1.807) is 18.2 Å². The van der Waals surface area contributed by atoms with Gasteiger partial charge in [0.2, 0.25) is 0 Å². The number of likely N-dealkylation sites (N-methyl/N-ethyl adjacent to an activating group) is 1. The molecule has 0 radical (unpaired) electrons. The zero-order chi connectivity index (χ0) is 21.8. The van der Waals surface area contributed by atoms with Gasteiger partial charge in [-0.05, 0) is 30.8 Å². The van der Waals surface area contributed by atoms with Gasteiger partial charge in [-0.1, -0.05) is 12.1 Å². The van der Waals surface area contributed by atoms with Crippen LogP contribution < -0.4 is 15.8 Å². The van der Waals surface area contributed by atoms with Crippen LogP contribution in [0.5, 0.6) is 0 Å². The van der Waals surface area contributed by atoms with Crippen molar-refractivity contribution in [3.63, 3.8) is 0 Å². The minimum Gasteiger partial charge on any atom is -0.354 e. The van der Waals surface area contributed by atoms with Gasteiger partial charge in [0.15, 0.2) is 0 Å². The number of rotatable bonds is 5. The number of amides is 1. The first-order chi connectivity index (χ1) is 15.0. The molecule has 1 saturated heterocycles. The highest BCUT2D eigenvalue weighted by molar-refractivity contribution is 6.02. The maximum atomic E-state index is 13.4. The zero-order valence-corrected chi connectivity index (χ0v) is 17.0. The molecule has 1 aliphatic heterocycles. The summed E-state index contributed by atoms with van der Waals surface area (Å²) in [5.41, 5.74) is 0.232. The van der Waals surface area contributed by atoms with E-state index in [-0.39, 0.29) is 17.8 Å². The average molecular weight is 423 g/mol. The van der Waals surface area contributed by atoms with E-state index in [9.17, 15) is 14.0 Å². The monoisotopic (exact) mass is 423 g/mol. The highest BCUT2D eigenvalue weighted by Crippen LogP contribution is 2.16. The van der Waals surface area contributed by atoms with Crippen molar-refractivity contribution in [1.29, 1.82) is 0 Å². The summed E-state index contributed by atoms with van der Waals surface area (Å²) in [6, 6.07) is 10.2. The Kier molecular flexibility index (Phi) is 5.99. The lowest BCUT2D eigenvalue weighted by atomic mass is 10.2. The highest BCUT2D eigenvalue weighted by atomic mass is 19.1. The molecule has 0 bridgehead atoms. The Morgan fingerprint density at radius 3 is 2.68 bits per heavy atom. The van der Waals surface area contributed by atoms with Crippen molar-refractivity contribution in [3.8, 4) is 0 Å². The molecule has 3 heterocycles. The summed E-state index contributed by atoms with van der Waals surface area (Å²) in [6.45, 7) is 3.60. The summed E-state index contributed by atoms with van der Waals surface area (Å²) in [6.07, 6.45) is 1.40. The molecule has 160 valence electrons. The van der Waals surface area contributed by atoms with E-state index in [1.807, 2.05) is 0 Å². The number of hydrogen-bond acceptors (Lipinski definition) is 7. The van der Waals surface area contributed by atoms with Crippen molar-refractivity contribution in [1.82, 2.24) is 24.6 Å². The van der Waals surface area contributed by atoms with Gasteiger partial charge < -0.3 is 15.1 Å². The van der Waals surface area contributed by atoms with Crippen LogP contribution in [0.3, 0.4) is 0 Å². The summed E-state index contributed by atoms with van der Waals surface area (Å²) in [5.74, 6) is 0.177. The topological polar surface area (TPSA) is 96.2 Å². The van der Waals surface area contributed by atoms with Crippen molar-refractivity contribution >= 4 is 17.5 Å². The van der Waals surface area contributed by atoms with Crippen molar-refractivity contribution in [2.45, 2.75) is 6.54 Å². The molecule has 2 aromatic heterocycles. The number of carbonyl (C=O) groups is 1. The zero-order valence-electron chi connectivity index (χ0n) is 17.0. The van der Waals surface area contributed by atoms with Crippen LogP contribution in [0.15, 0.2) is 53.6 Å². The van der Waals surface area contributed by atoms with Gasteiger partial charge in [-0.15, -0.1) is 0 Å². The molecule has 4 rings (SSSR count). The predicted octanol–water partition coefficient (Wildman–Crippen LogP) is 1.22.